The van der Waals surface area contributed by atoms with Gasteiger partial charge in [0.1, 0.15) is 5.69 Å². The molecule has 0 saturated carbocycles. The molecule has 1 aromatic rings. The fraction of sp³-hybridized carbons (Fsp3) is 0.538. The van der Waals surface area contributed by atoms with Gasteiger partial charge in [-0.1, -0.05) is 5.92 Å². The molecule has 0 spiro atoms. The number of hydrogen-bond acceptors (Lipinski definition) is 4. The topological polar surface area (TPSA) is 67.4 Å². The van der Waals surface area contributed by atoms with E-state index >= 15 is 0 Å². The minimum absolute atomic E-state index is 0.0175. The molecule has 102 valence electrons. The maximum Gasteiger partial charge on any atom is 0.274 e. The zero-order valence-electron chi connectivity index (χ0n) is 11.0. The smallest absolute Gasteiger partial charge is 0.274 e. The maximum atomic E-state index is 12.2. The molecule has 1 aliphatic heterocycles. The van der Waals surface area contributed by atoms with Crippen molar-refractivity contribution in [1.82, 2.24) is 19.4 Å². The summed E-state index contributed by atoms with van der Waals surface area (Å²) in [5, 5.41) is 0. The summed E-state index contributed by atoms with van der Waals surface area (Å²) >= 11 is 0. The summed E-state index contributed by atoms with van der Waals surface area (Å²) in [6, 6.07) is 0. The third-order valence-electron chi connectivity index (χ3n) is 3.21. The van der Waals surface area contributed by atoms with E-state index in [0.717, 1.165) is 13.1 Å². The number of carbonyl (C=O) groups is 1. The Bertz CT molecular complexity index is 468. The van der Waals surface area contributed by atoms with E-state index in [-0.39, 0.29) is 5.91 Å². The first-order chi connectivity index (χ1) is 9.24. The number of amides is 1. The van der Waals surface area contributed by atoms with Crippen LogP contribution in [0.4, 0.5) is 0 Å². The van der Waals surface area contributed by atoms with Crippen LogP contribution in [0.2, 0.25) is 0 Å². The van der Waals surface area contributed by atoms with Crippen LogP contribution in [0.25, 0.3) is 0 Å². The lowest BCUT2D eigenvalue weighted by molar-refractivity contribution is 0.0647. The van der Waals surface area contributed by atoms with Gasteiger partial charge in [-0.25, -0.2) is 4.98 Å². The lowest BCUT2D eigenvalue weighted by Crippen LogP contribution is -2.48. The van der Waals surface area contributed by atoms with Gasteiger partial charge in [-0.2, -0.15) is 0 Å². The van der Waals surface area contributed by atoms with Gasteiger partial charge in [0, 0.05) is 45.5 Å². The van der Waals surface area contributed by atoms with E-state index in [0.29, 0.717) is 38.4 Å². The molecule has 0 aliphatic carbocycles. The fourth-order valence-electron chi connectivity index (χ4n) is 2.14. The molecule has 6 nitrogen and oxygen atoms in total. The number of rotatable bonds is 4. The van der Waals surface area contributed by atoms with Crippen molar-refractivity contribution in [3.63, 3.8) is 0 Å². The first-order valence-electron chi connectivity index (χ1n) is 6.41. The van der Waals surface area contributed by atoms with Crippen molar-refractivity contribution in [3.8, 4) is 12.3 Å². The molecular weight excluding hydrogens is 242 g/mol. The molecule has 0 radical (unpaired) electrons. The summed E-state index contributed by atoms with van der Waals surface area (Å²) in [7, 11) is 0. The summed E-state index contributed by atoms with van der Waals surface area (Å²) in [5.41, 5.74) is 5.95. The van der Waals surface area contributed by atoms with Crippen LogP contribution in [0.1, 0.15) is 10.5 Å². The van der Waals surface area contributed by atoms with Gasteiger partial charge in [0.25, 0.3) is 5.91 Å². The SMILES string of the molecule is C#CCN1CCN(C(=O)c2cn(CCN)cn2)CC1. The zero-order chi connectivity index (χ0) is 13.7. The van der Waals surface area contributed by atoms with Gasteiger partial charge in [-0.05, 0) is 0 Å². The number of nitrogens with two attached hydrogens (primary N) is 1. The summed E-state index contributed by atoms with van der Waals surface area (Å²) in [5.74, 6) is 2.61. The molecule has 0 atom stereocenters. The molecule has 0 bridgehead atoms. The Morgan fingerprint density at radius 3 is 2.79 bits per heavy atom. The summed E-state index contributed by atoms with van der Waals surface area (Å²) < 4.78 is 1.84. The van der Waals surface area contributed by atoms with Crippen molar-refractivity contribution in [2.45, 2.75) is 6.54 Å². The Morgan fingerprint density at radius 2 is 2.16 bits per heavy atom. The maximum absolute atomic E-state index is 12.2. The third-order valence-corrected chi connectivity index (χ3v) is 3.21. The Labute approximate surface area is 113 Å². The van der Waals surface area contributed by atoms with E-state index in [9.17, 15) is 4.79 Å². The Morgan fingerprint density at radius 1 is 1.42 bits per heavy atom. The number of aromatic nitrogens is 2. The van der Waals surface area contributed by atoms with Crippen LogP contribution in [-0.2, 0) is 6.54 Å². The molecule has 1 saturated heterocycles. The minimum atomic E-state index is -0.0175. The van der Waals surface area contributed by atoms with Crippen molar-refractivity contribution in [1.29, 1.82) is 0 Å². The van der Waals surface area contributed by atoms with E-state index < -0.39 is 0 Å². The molecule has 19 heavy (non-hydrogen) atoms. The second kappa shape index (κ2) is 6.36. The highest BCUT2D eigenvalue weighted by molar-refractivity contribution is 5.92. The second-order valence-corrected chi connectivity index (χ2v) is 4.56. The molecule has 2 rings (SSSR count). The summed E-state index contributed by atoms with van der Waals surface area (Å²) in [6.07, 6.45) is 8.68. The van der Waals surface area contributed by atoms with Crippen molar-refractivity contribution in [2.75, 3.05) is 39.3 Å². The van der Waals surface area contributed by atoms with Crippen molar-refractivity contribution >= 4 is 5.91 Å². The van der Waals surface area contributed by atoms with Gasteiger partial charge in [0.15, 0.2) is 0 Å². The first kappa shape index (κ1) is 13.6. The standard InChI is InChI=1S/C13H19N5O/c1-2-4-16-6-8-18(9-7-16)13(19)12-10-17(5-3-14)11-15-12/h1,10-11H,3-9,14H2. The van der Waals surface area contributed by atoms with E-state index in [2.05, 4.69) is 15.8 Å². The average Bonchev–Trinajstić information content (AvgIpc) is 2.88. The molecular formula is C13H19N5O. The van der Waals surface area contributed by atoms with Crippen LogP contribution >= 0.6 is 0 Å². The number of imidazole rings is 1. The summed E-state index contributed by atoms with van der Waals surface area (Å²) in [4.78, 5) is 20.4. The molecule has 6 heteroatoms. The highest BCUT2D eigenvalue weighted by atomic mass is 16.2. The average molecular weight is 261 g/mol. The molecule has 2 N–H and O–H groups in total. The van der Waals surface area contributed by atoms with Gasteiger partial charge in [-0.3, -0.25) is 9.69 Å². The molecule has 0 unspecified atom stereocenters. The zero-order valence-corrected chi connectivity index (χ0v) is 11.0. The van der Waals surface area contributed by atoms with Crippen LogP contribution in [0.15, 0.2) is 12.5 Å². The van der Waals surface area contributed by atoms with Gasteiger partial charge < -0.3 is 15.2 Å². The fourth-order valence-corrected chi connectivity index (χ4v) is 2.14. The third kappa shape index (κ3) is 3.34. The molecule has 2 heterocycles. The number of piperazine rings is 1. The quantitative estimate of drug-likeness (QED) is 0.723. The van der Waals surface area contributed by atoms with Crippen LogP contribution in [0.3, 0.4) is 0 Å². The largest absolute Gasteiger partial charge is 0.335 e. The van der Waals surface area contributed by atoms with Crippen molar-refractivity contribution in [3.05, 3.63) is 18.2 Å². The van der Waals surface area contributed by atoms with E-state index in [1.807, 2.05) is 9.47 Å². The number of terminal acetylenes is 1. The van der Waals surface area contributed by atoms with E-state index in [1.54, 1.807) is 12.5 Å². The number of nitrogens with zero attached hydrogens (tertiary/aromatic N) is 4. The highest BCUT2D eigenvalue weighted by Crippen LogP contribution is 2.07. The van der Waals surface area contributed by atoms with Gasteiger partial charge in [0.05, 0.1) is 12.9 Å². The predicted molar refractivity (Wildman–Crippen MR) is 72.5 cm³/mol. The first-order valence-corrected chi connectivity index (χ1v) is 6.41. The highest BCUT2D eigenvalue weighted by Gasteiger charge is 2.22. The van der Waals surface area contributed by atoms with Crippen LogP contribution in [-0.4, -0.2) is 64.5 Å². The molecule has 1 fully saturated rings. The Kier molecular flexibility index (Phi) is 4.55. The number of hydrogen-bond donors (Lipinski definition) is 1. The lowest BCUT2D eigenvalue weighted by Gasteiger charge is -2.33. The van der Waals surface area contributed by atoms with Crippen LogP contribution < -0.4 is 5.73 Å². The summed E-state index contributed by atoms with van der Waals surface area (Å²) in [6.45, 7) is 4.89. The van der Waals surface area contributed by atoms with Crippen molar-refractivity contribution in [2.24, 2.45) is 5.73 Å². The van der Waals surface area contributed by atoms with Gasteiger partial charge in [0.2, 0.25) is 0 Å². The van der Waals surface area contributed by atoms with Crippen molar-refractivity contribution < 1.29 is 4.79 Å². The van der Waals surface area contributed by atoms with E-state index in [4.69, 9.17) is 12.2 Å². The monoisotopic (exact) mass is 261 g/mol. The van der Waals surface area contributed by atoms with Crippen LogP contribution in [0.5, 0.6) is 0 Å². The molecule has 0 aromatic carbocycles. The Hall–Kier alpha value is -1.84. The lowest BCUT2D eigenvalue weighted by atomic mass is 10.3. The molecule has 1 aliphatic rings. The number of carbonyl (C=O) groups excluding carboxylic acids is 1. The predicted octanol–water partition coefficient (Wildman–Crippen LogP) is -0.767. The van der Waals surface area contributed by atoms with Gasteiger partial charge in [-0.15, -0.1) is 6.42 Å². The molecule has 1 amide bonds. The van der Waals surface area contributed by atoms with Crippen LogP contribution in [0, 0.1) is 12.3 Å². The minimum Gasteiger partial charge on any atom is -0.335 e. The Balaban J connectivity index is 1.91. The molecule has 1 aromatic heterocycles. The van der Waals surface area contributed by atoms with Gasteiger partial charge >= 0.3 is 0 Å². The second-order valence-electron chi connectivity index (χ2n) is 4.56. The van der Waals surface area contributed by atoms with E-state index in [1.165, 1.54) is 0 Å². The normalized spacial score (nSPS) is 16.3.